The maximum atomic E-state index is 13.4. The number of rotatable bonds is 14. The average Bonchev–Trinajstić information content (AvgIpc) is 3.27. The van der Waals surface area contributed by atoms with Crippen LogP contribution in [0.2, 0.25) is 0 Å². The Labute approximate surface area is 369 Å². The maximum Gasteiger partial charge on any atom is 0.306 e. The predicted molar refractivity (Wildman–Crippen MR) is 241 cm³/mol. The van der Waals surface area contributed by atoms with Crippen molar-refractivity contribution < 1.29 is 39.2 Å². The molecule has 2 aliphatic heterocycles. The Hall–Kier alpha value is -6.61. The molecule has 0 saturated carbocycles. The van der Waals surface area contributed by atoms with E-state index in [1.54, 1.807) is 46.2 Å². The fraction of sp³-hybridized carbons (Fsp3) is 0.333. The van der Waals surface area contributed by atoms with Gasteiger partial charge < -0.3 is 20.0 Å². The van der Waals surface area contributed by atoms with Gasteiger partial charge in [-0.3, -0.25) is 39.4 Å². The number of nitro benzene ring substituents is 2. The van der Waals surface area contributed by atoms with Crippen LogP contribution in [0.5, 0.6) is 0 Å². The van der Waals surface area contributed by atoms with E-state index < -0.39 is 33.6 Å². The van der Waals surface area contributed by atoms with Crippen molar-refractivity contribution in [3.8, 4) is 22.3 Å². The molecule has 2 aliphatic rings. The zero-order valence-corrected chi connectivity index (χ0v) is 36.4. The molecule has 0 aromatic heterocycles. The lowest BCUT2D eigenvalue weighted by Crippen LogP contribution is -2.39. The molecule has 63 heavy (non-hydrogen) atoms. The van der Waals surface area contributed by atoms with Gasteiger partial charge in [0.2, 0.25) is 11.8 Å². The molecule has 2 N–H and O–H groups in total. The van der Waals surface area contributed by atoms with Gasteiger partial charge in [0, 0.05) is 38.3 Å². The monoisotopic (exact) mass is 874 g/mol. The summed E-state index contributed by atoms with van der Waals surface area (Å²) in [6.07, 6.45) is 7.02. The van der Waals surface area contributed by atoms with Crippen LogP contribution in [0.25, 0.3) is 34.4 Å². The third kappa shape index (κ3) is 10.4. The molecule has 15 heteroatoms. The van der Waals surface area contributed by atoms with Gasteiger partial charge in [0.1, 0.15) is 0 Å². The lowest BCUT2D eigenvalue weighted by atomic mass is 9.89. The van der Waals surface area contributed by atoms with Crippen LogP contribution < -0.4 is 0 Å². The summed E-state index contributed by atoms with van der Waals surface area (Å²) in [5, 5.41) is 45.6. The molecule has 0 atom stereocenters. The van der Waals surface area contributed by atoms with Crippen LogP contribution in [-0.4, -0.2) is 79.8 Å². The van der Waals surface area contributed by atoms with E-state index in [4.69, 9.17) is 0 Å². The number of nitro groups is 2. The smallest absolute Gasteiger partial charge is 0.306 e. The summed E-state index contributed by atoms with van der Waals surface area (Å²) < 4.78 is 0. The van der Waals surface area contributed by atoms with Gasteiger partial charge in [0.15, 0.2) is 0 Å². The van der Waals surface area contributed by atoms with E-state index in [-0.39, 0.29) is 82.1 Å². The standard InChI is InChI=1S/C48H50N4O10S/c1-29(2)35-9-5-7-11-37(35)43-31(15-19-41(53)49-25-21-33(22-26-49)47(55)56)13-17-39(45(43)51(59)60)63-40-18-14-32(16-20-42(54)50-27-23-34(24-28-50)48(57)58)44(46(40)52(61)62)38-12-8-6-10-36(38)30(3)4/h5-20,29-30,33-34H,21-28H2,1-4H3,(H,55,56)(H,57,58). The lowest BCUT2D eigenvalue weighted by molar-refractivity contribution is -0.387. The normalized spacial score (nSPS) is 15.1. The summed E-state index contributed by atoms with van der Waals surface area (Å²) in [6.45, 7) is 8.92. The first-order chi connectivity index (χ1) is 30.1. The predicted octanol–water partition coefficient (Wildman–Crippen LogP) is 9.91. The van der Waals surface area contributed by atoms with Gasteiger partial charge in [0.05, 0.1) is 42.6 Å². The number of amides is 2. The Morgan fingerprint density at radius 3 is 1.27 bits per heavy atom. The number of hydrogen-bond donors (Lipinski definition) is 2. The van der Waals surface area contributed by atoms with Crippen LogP contribution in [-0.2, 0) is 19.2 Å². The van der Waals surface area contributed by atoms with Gasteiger partial charge in [-0.05, 0) is 95.2 Å². The van der Waals surface area contributed by atoms with Crippen molar-refractivity contribution >= 4 is 59.0 Å². The summed E-state index contributed by atoms with van der Waals surface area (Å²) in [4.78, 5) is 78.8. The van der Waals surface area contributed by atoms with Crippen LogP contribution in [0.15, 0.2) is 94.7 Å². The fourth-order valence-corrected chi connectivity index (χ4v) is 9.40. The molecule has 4 aromatic carbocycles. The van der Waals surface area contributed by atoms with E-state index in [2.05, 4.69) is 0 Å². The molecule has 2 heterocycles. The fourth-order valence-electron chi connectivity index (χ4n) is 8.35. The van der Waals surface area contributed by atoms with E-state index in [9.17, 15) is 49.6 Å². The van der Waals surface area contributed by atoms with E-state index in [0.29, 0.717) is 47.9 Å². The molecule has 0 unspecified atom stereocenters. The Bertz CT molecular complexity index is 2330. The topological polar surface area (TPSA) is 202 Å². The summed E-state index contributed by atoms with van der Waals surface area (Å²) >= 11 is 0.883. The van der Waals surface area contributed by atoms with E-state index in [1.807, 2.05) is 52.0 Å². The Morgan fingerprint density at radius 1 is 0.603 bits per heavy atom. The molecule has 0 bridgehead atoms. The second-order valence-electron chi connectivity index (χ2n) is 16.4. The van der Waals surface area contributed by atoms with Gasteiger partial charge >= 0.3 is 11.9 Å². The van der Waals surface area contributed by atoms with Gasteiger partial charge in [-0.2, -0.15) is 0 Å². The second kappa shape index (κ2) is 20.1. The van der Waals surface area contributed by atoms with Gasteiger partial charge in [-0.1, -0.05) is 100 Å². The molecule has 2 saturated heterocycles. The van der Waals surface area contributed by atoms with Gasteiger partial charge in [-0.15, -0.1) is 0 Å². The van der Waals surface area contributed by atoms with Crippen molar-refractivity contribution in [2.75, 3.05) is 26.2 Å². The minimum absolute atomic E-state index is 0.0557. The van der Waals surface area contributed by atoms with Crippen LogP contribution in [0.1, 0.15) is 87.5 Å². The summed E-state index contributed by atoms with van der Waals surface area (Å²) in [6, 6.07) is 20.9. The first-order valence-electron chi connectivity index (χ1n) is 21.0. The number of carbonyl (C=O) groups is 4. The van der Waals surface area contributed by atoms with Crippen LogP contribution >= 0.6 is 11.8 Å². The zero-order valence-electron chi connectivity index (χ0n) is 35.6. The number of likely N-dealkylation sites (tertiary alicyclic amines) is 2. The maximum absolute atomic E-state index is 13.4. The van der Waals surface area contributed by atoms with Crippen LogP contribution in [0.3, 0.4) is 0 Å². The highest BCUT2D eigenvalue weighted by Crippen LogP contribution is 2.50. The van der Waals surface area contributed by atoms with Crippen LogP contribution in [0, 0.1) is 32.1 Å². The summed E-state index contributed by atoms with van der Waals surface area (Å²) in [5.74, 6) is -3.67. The number of piperidine rings is 2. The highest BCUT2D eigenvalue weighted by Gasteiger charge is 2.32. The lowest BCUT2D eigenvalue weighted by Gasteiger charge is -2.29. The minimum atomic E-state index is -0.898. The van der Waals surface area contributed by atoms with Crippen LogP contribution in [0.4, 0.5) is 11.4 Å². The summed E-state index contributed by atoms with van der Waals surface area (Å²) in [5.41, 5.74) is 3.39. The largest absolute Gasteiger partial charge is 0.481 e. The van der Waals surface area contributed by atoms with E-state index >= 15 is 0 Å². The van der Waals surface area contributed by atoms with Crippen molar-refractivity contribution in [1.82, 2.24) is 9.80 Å². The van der Waals surface area contributed by atoms with E-state index in [1.165, 1.54) is 36.4 Å². The first-order valence-corrected chi connectivity index (χ1v) is 21.8. The number of hydrogen-bond acceptors (Lipinski definition) is 9. The third-order valence-electron chi connectivity index (χ3n) is 11.8. The highest BCUT2D eigenvalue weighted by atomic mass is 32.2. The Morgan fingerprint density at radius 2 is 0.952 bits per heavy atom. The zero-order chi connectivity index (χ0) is 45.5. The molecule has 328 valence electrons. The van der Waals surface area contributed by atoms with Crippen molar-refractivity contribution in [3.05, 3.63) is 127 Å². The highest BCUT2D eigenvalue weighted by molar-refractivity contribution is 7.99. The van der Waals surface area contributed by atoms with Crippen molar-refractivity contribution in [1.29, 1.82) is 0 Å². The number of aliphatic carboxylic acids is 2. The molecule has 2 fully saturated rings. The first kappa shape index (κ1) is 45.9. The molecular weight excluding hydrogens is 825 g/mol. The molecule has 0 radical (unpaired) electrons. The number of carboxylic acid groups (broad SMARTS) is 2. The number of nitrogens with zero attached hydrogens (tertiary/aromatic N) is 4. The number of carboxylic acids is 2. The molecule has 4 aromatic rings. The molecule has 0 aliphatic carbocycles. The minimum Gasteiger partial charge on any atom is -0.481 e. The van der Waals surface area contributed by atoms with Crippen molar-refractivity contribution in [2.45, 2.75) is 75.0 Å². The van der Waals surface area contributed by atoms with Crippen molar-refractivity contribution in [3.63, 3.8) is 0 Å². The van der Waals surface area contributed by atoms with Gasteiger partial charge in [-0.25, -0.2) is 0 Å². The van der Waals surface area contributed by atoms with E-state index in [0.717, 1.165) is 22.9 Å². The Kier molecular flexibility index (Phi) is 14.6. The Balaban J connectivity index is 1.48. The van der Waals surface area contributed by atoms with Crippen molar-refractivity contribution in [2.24, 2.45) is 11.8 Å². The SMILES string of the molecule is CC(C)c1ccccc1-c1c(C=CC(=O)N2CCC(C(=O)O)CC2)ccc(Sc2ccc(C=CC(=O)N3CCC(C(=O)O)CC3)c(-c3ccccc3C(C)C)c2[N+](=O)[O-])c1[N+](=O)[O-]. The second-order valence-corrected chi connectivity index (χ2v) is 17.5. The third-order valence-corrected chi connectivity index (χ3v) is 12.9. The average molecular weight is 875 g/mol. The molecule has 14 nitrogen and oxygen atoms in total. The number of carbonyl (C=O) groups excluding carboxylic acids is 2. The number of benzene rings is 4. The molecule has 0 spiro atoms. The molecule has 6 rings (SSSR count). The molecular formula is C48H50N4O10S. The summed E-state index contributed by atoms with van der Waals surface area (Å²) in [7, 11) is 0. The molecule has 2 amide bonds. The van der Waals surface area contributed by atoms with Gasteiger partial charge in [0.25, 0.3) is 11.4 Å². The quantitative estimate of drug-likeness (QED) is 0.0694.